The van der Waals surface area contributed by atoms with Gasteiger partial charge in [0.25, 0.3) is 0 Å². The van der Waals surface area contributed by atoms with Crippen LogP contribution in [-0.4, -0.2) is 34.5 Å². The second-order valence-electron chi connectivity index (χ2n) is 8.03. The van der Waals surface area contributed by atoms with Gasteiger partial charge in [0, 0.05) is 18.1 Å². The number of hydrogen-bond acceptors (Lipinski definition) is 2. The van der Waals surface area contributed by atoms with Crippen molar-refractivity contribution >= 4 is 22.6 Å². The van der Waals surface area contributed by atoms with Gasteiger partial charge in [0.05, 0.1) is 16.6 Å². The third kappa shape index (κ3) is 3.61. The lowest BCUT2D eigenvalue weighted by atomic mass is 9.89. The normalized spacial score (nSPS) is 21.0. The highest BCUT2D eigenvalue weighted by Crippen LogP contribution is 2.34. The van der Waals surface area contributed by atoms with Gasteiger partial charge < -0.3 is 9.88 Å². The van der Waals surface area contributed by atoms with Gasteiger partial charge in [-0.1, -0.05) is 17.7 Å². The Morgan fingerprint density at radius 1 is 1.15 bits per heavy atom. The first-order valence-electron chi connectivity index (χ1n) is 9.83. The lowest BCUT2D eigenvalue weighted by molar-refractivity contribution is 0.200. The zero-order valence-electron chi connectivity index (χ0n) is 15.2. The van der Waals surface area contributed by atoms with Gasteiger partial charge in [0.2, 0.25) is 0 Å². The predicted molar refractivity (Wildman–Crippen MR) is 108 cm³/mol. The summed E-state index contributed by atoms with van der Waals surface area (Å²) >= 11 is 6.03. The number of fused-ring (bicyclic) bond motifs is 1. The summed E-state index contributed by atoms with van der Waals surface area (Å²) < 4.78 is 14.9. The summed E-state index contributed by atoms with van der Waals surface area (Å²) in [5, 5.41) is 0.640. The molecule has 1 saturated carbocycles. The van der Waals surface area contributed by atoms with E-state index in [-0.39, 0.29) is 5.82 Å². The molecule has 1 atom stereocenters. The Morgan fingerprint density at radius 3 is 2.85 bits per heavy atom. The van der Waals surface area contributed by atoms with Crippen LogP contribution in [0.2, 0.25) is 5.02 Å². The quantitative estimate of drug-likeness (QED) is 0.634. The lowest BCUT2D eigenvalue weighted by Gasteiger charge is -2.33. The largest absolute Gasteiger partial charge is 0.338 e. The molecule has 1 unspecified atom stereocenters. The molecule has 5 heteroatoms. The topological polar surface area (TPSA) is 31.9 Å². The van der Waals surface area contributed by atoms with E-state index in [1.807, 2.05) is 18.2 Å². The Kier molecular flexibility index (Phi) is 4.41. The van der Waals surface area contributed by atoms with Gasteiger partial charge in [-0.15, -0.1) is 0 Å². The second-order valence-corrected chi connectivity index (χ2v) is 8.46. The maximum atomic E-state index is 14.9. The maximum absolute atomic E-state index is 14.9. The van der Waals surface area contributed by atoms with Crippen LogP contribution < -0.4 is 0 Å². The number of benzene rings is 2. The van der Waals surface area contributed by atoms with Crippen LogP contribution in [0.5, 0.6) is 0 Å². The number of nitrogens with zero attached hydrogens (tertiary/aromatic N) is 2. The fraction of sp³-hybridized carbons (Fsp3) is 0.409. The van der Waals surface area contributed by atoms with E-state index in [4.69, 9.17) is 11.6 Å². The number of hydrogen-bond donors (Lipinski definition) is 1. The molecule has 0 bridgehead atoms. The highest BCUT2D eigenvalue weighted by Gasteiger charge is 2.28. The van der Waals surface area contributed by atoms with Crippen molar-refractivity contribution in [1.29, 1.82) is 0 Å². The third-order valence-corrected chi connectivity index (χ3v) is 6.12. The molecule has 5 rings (SSSR count). The van der Waals surface area contributed by atoms with Gasteiger partial charge in [-0.2, -0.15) is 0 Å². The molecule has 1 saturated heterocycles. The van der Waals surface area contributed by atoms with E-state index in [1.54, 1.807) is 12.1 Å². The van der Waals surface area contributed by atoms with Gasteiger partial charge in [-0.3, -0.25) is 0 Å². The number of aromatic nitrogens is 2. The van der Waals surface area contributed by atoms with E-state index < -0.39 is 0 Å². The summed E-state index contributed by atoms with van der Waals surface area (Å²) in [5.41, 5.74) is 3.23. The third-order valence-electron chi connectivity index (χ3n) is 5.88. The van der Waals surface area contributed by atoms with E-state index in [2.05, 4.69) is 20.9 Å². The zero-order valence-corrected chi connectivity index (χ0v) is 16.0. The fourth-order valence-electron chi connectivity index (χ4n) is 4.25. The highest BCUT2D eigenvalue weighted by molar-refractivity contribution is 6.31. The maximum Gasteiger partial charge on any atom is 0.141 e. The van der Waals surface area contributed by atoms with Crippen molar-refractivity contribution in [3.63, 3.8) is 0 Å². The molecule has 1 aliphatic heterocycles. The van der Waals surface area contributed by atoms with Crippen molar-refractivity contribution in [1.82, 2.24) is 14.9 Å². The summed E-state index contributed by atoms with van der Waals surface area (Å²) in [7, 11) is 0. The number of piperidine rings is 1. The standard InChI is InChI=1S/C22H23ClFN3/c23-17-6-8-20-21(11-17)26-22(25-20)18-7-5-15(10-19(18)24)16-2-1-9-27(13-16)12-14-3-4-14/h5-8,10-11,14,16H,1-4,9,12-13H2,(H,25,26). The average molecular weight is 384 g/mol. The molecule has 3 aromatic rings. The second kappa shape index (κ2) is 6.92. The molecule has 1 aliphatic carbocycles. The van der Waals surface area contributed by atoms with Gasteiger partial charge in [-0.05, 0) is 80.0 Å². The van der Waals surface area contributed by atoms with E-state index in [0.29, 0.717) is 22.3 Å². The molecule has 2 aromatic carbocycles. The van der Waals surface area contributed by atoms with Gasteiger partial charge in [-0.25, -0.2) is 9.37 Å². The summed E-state index contributed by atoms with van der Waals surface area (Å²) in [6.45, 7) is 3.46. The Morgan fingerprint density at radius 2 is 2.04 bits per heavy atom. The molecule has 1 N–H and O–H groups in total. The minimum atomic E-state index is -0.211. The molecule has 0 radical (unpaired) electrons. The van der Waals surface area contributed by atoms with Crippen LogP contribution in [0.1, 0.15) is 37.2 Å². The SMILES string of the molecule is Fc1cc(C2CCCN(CC3CC3)C2)ccc1-c1nc2ccc(Cl)cc2[nH]1. The van der Waals surface area contributed by atoms with Gasteiger partial charge >= 0.3 is 0 Å². The molecule has 2 aliphatic rings. The van der Waals surface area contributed by atoms with Crippen molar-refractivity contribution < 1.29 is 4.39 Å². The molecule has 0 amide bonds. The highest BCUT2D eigenvalue weighted by atomic mass is 35.5. The van der Waals surface area contributed by atoms with Crippen molar-refractivity contribution in [2.45, 2.75) is 31.6 Å². The van der Waals surface area contributed by atoms with Gasteiger partial charge in [0.15, 0.2) is 0 Å². The number of likely N-dealkylation sites (tertiary alicyclic amines) is 1. The van der Waals surface area contributed by atoms with Crippen molar-refractivity contribution in [2.24, 2.45) is 5.92 Å². The molecule has 27 heavy (non-hydrogen) atoms. The van der Waals surface area contributed by atoms with Crippen LogP contribution in [0.4, 0.5) is 4.39 Å². The number of H-pyrrole nitrogens is 1. The minimum Gasteiger partial charge on any atom is -0.338 e. The molecule has 140 valence electrons. The Balaban J connectivity index is 1.39. The minimum absolute atomic E-state index is 0.211. The average Bonchev–Trinajstić information content (AvgIpc) is 3.38. The van der Waals surface area contributed by atoms with Crippen molar-refractivity contribution in [2.75, 3.05) is 19.6 Å². The summed E-state index contributed by atoms with van der Waals surface area (Å²) in [6.07, 6.45) is 5.11. The van der Waals surface area contributed by atoms with Crippen LogP contribution in [0.25, 0.3) is 22.4 Å². The van der Waals surface area contributed by atoms with Crippen molar-refractivity contribution in [3.8, 4) is 11.4 Å². The van der Waals surface area contributed by atoms with E-state index in [0.717, 1.165) is 35.5 Å². The van der Waals surface area contributed by atoms with Crippen LogP contribution in [0.3, 0.4) is 0 Å². The molecular formula is C22H23ClFN3. The number of aromatic amines is 1. The van der Waals surface area contributed by atoms with E-state index in [9.17, 15) is 4.39 Å². The first-order chi connectivity index (χ1) is 13.2. The number of imidazole rings is 1. The van der Waals surface area contributed by atoms with Crippen molar-refractivity contribution in [3.05, 3.63) is 52.8 Å². The van der Waals surface area contributed by atoms with E-state index >= 15 is 0 Å². The van der Waals surface area contributed by atoms with Crippen LogP contribution in [-0.2, 0) is 0 Å². The summed E-state index contributed by atoms with van der Waals surface area (Å²) in [6, 6.07) is 11.1. The molecule has 0 spiro atoms. The Hall–Kier alpha value is -1.91. The van der Waals surface area contributed by atoms with Crippen LogP contribution in [0, 0.1) is 11.7 Å². The number of rotatable bonds is 4. The fourth-order valence-corrected chi connectivity index (χ4v) is 4.42. The van der Waals surface area contributed by atoms with Crippen LogP contribution in [0.15, 0.2) is 36.4 Å². The molecule has 2 fully saturated rings. The smallest absolute Gasteiger partial charge is 0.141 e. The molecular weight excluding hydrogens is 361 g/mol. The van der Waals surface area contributed by atoms with Gasteiger partial charge in [0.1, 0.15) is 11.6 Å². The van der Waals surface area contributed by atoms with E-state index in [1.165, 1.54) is 32.4 Å². The number of nitrogens with one attached hydrogen (secondary N) is 1. The predicted octanol–water partition coefficient (Wildman–Crippen LogP) is 5.61. The van der Waals surface area contributed by atoms with Crippen LogP contribution >= 0.6 is 11.6 Å². The Labute approximate surface area is 163 Å². The molecule has 3 nitrogen and oxygen atoms in total. The summed E-state index contributed by atoms with van der Waals surface area (Å²) in [4.78, 5) is 10.3. The lowest BCUT2D eigenvalue weighted by Crippen LogP contribution is -2.35. The molecule has 2 heterocycles. The zero-order chi connectivity index (χ0) is 18.4. The molecule has 1 aromatic heterocycles. The summed E-state index contributed by atoms with van der Waals surface area (Å²) in [5.74, 6) is 1.67. The number of halogens is 2. The Bertz CT molecular complexity index is 979. The first kappa shape index (κ1) is 17.2. The monoisotopic (exact) mass is 383 g/mol. The first-order valence-corrected chi connectivity index (χ1v) is 10.2.